The second kappa shape index (κ2) is 7.41. The Kier molecular flexibility index (Phi) is 5.27. The van der Waals surface area contributed by atoms with E-state index in [0.29, 0.717) is 22.9 Å². The van der Waals surface area contributed by atoms with Gasteiger partial charge in [0.25, 0.3) is 0 Å². The number of fused-ring (bicyclic) bond motifs is 1. The van der Waals surface area contributed by atoms with Crippen LogP contribution in [0.3, 0.4) is 0 Å². The predicted molar refractivity (Wildman–Crippen MR) is 95.9 cm³/mol. The van der Waals surface area contributed by atoms with Gasteiger partial charge < -0.3 is 4.74 Å². The van der Waals surface area contributed by atoms with Gasteiger partial charge in [0.2, 0.25) is 0 Å². The van der Waals surface area contributed by atoms with Gasteiger partial charge in [-0.25, -0.2) is 4.68 Å². The zero-order chi connectivity index (χ0) is 17.1. The van der Waals surface area contributed by atoms with Gasteiger partial charge in [0.05, 0.1) is 28.5 Å². The van der Waals surface area contributed by atoms with E-state index in [-0.39, 0.29) is 5.97 Å². The maximum absolute atomic E-state index is 11.2. The number of nitrogens with zero attached hydrogens (tertiary/aromatic N) is 2. The molecule has 0 unspecified atom stereocenters. The lowest BCUT2D eigenvalue weighted by molar-refractivity contribution is -0.140. The van der Waals surface area contributed by atoms with Crippen LogP contribution in [0.5, 0.6) is 0 Å². The third-order valence-corrected chi connectivity index (χ3v) is 4.87. The second-order valence-electron chi connectivity index (χ2n) is 5.69. The Hall–Kier alpha value is -1.78. The molecule has 1 aromatic heterocycles. The normalized spacial score (nSPS) is 13.5. The van der Waals surface area contributed by atoms with E-state index >= 15 is 0 Å². The minimum absolute atomic E-state index is 0.203. The van der Waals surface area contributed by atoms with Crippen molar-refractivity contribution >= 4 is 35.2 Å². The summed E-state index contributed by atoms with van der Waals surface area (Å²) in [5.41, 5.74) is 4.37. The molecule has 0 aliphatic heterocycles. The quantitative estimate of drug-likeness (QED) is 0.726. The molecule has 0 amide bonds. The minimum Gasteiger partial charge on any atom is -0.469 e. The standard InChI is InChI=1S/C18H18Cl2N2O2/c1-24-18(23)8-3-2-6-16-13-5-4-7-17(13)22(21-16)12-9-10-14(19)15(20)11-12/h2,6,9-11H,3-5,7-8H2,1H3. The lowest BCUT2D eigenvalue weighted by Crippen LogP contribution is -2.01. The Morgan fingerprint density at radius 1 is 1.33 bits per heavy atom. The maximum atomic E-state index is 11.2. The minimum atomic E-state index is -0.203. The van der Waals surface area contributed by atoms with Crippen molar-refractivity contribution in [2.45, 2.75) is 32.1 Å². The molecule has 0 N–H and O–H groups in total. The molecule has 0 saturated carbocycles. The highest BCUT2D eigenvalue weighted by atomic mass is 35.5. The Labute approximate surface area is 151 Å². The van der Waals surface area contributed by atoms with Crippen molar-refractivity contribution in [1.29, 1.82) is 0 Å². The Balaban J connectivity index is 1.86. The molecule has 3 rings (SSSR count). The average molecular weight is 365 g/mol. The van der Waals surface area contributed by atoms with Gasteiger partial charge in [-0.3, -0.25) is 4.79 Å². The number of carbonyl (C=O) groups excluding carboxylic acids is 1. The Bertz CT molecular complexity index is 797. The van der Waals surface area contributed by atoms with Crippen molar-refractivity contribution in [2.24, 2.45) is 0 Å². The highest BCUT2D eigenvalue weighted by Crippen LogP contribution is 2.31. The van der Waals surface area contributed by atoms with Crippen LogP contribution in [0.4, 0.5) is 0 Å². The molecule has 0 saturated heterocycles. The van der Waals surface area contributed by atoms with E-state index in [1.807, 2.05) is 29.0 Å². The highest BCUT2D eigenvalue weighted by Gasteiger charge is 2.22. The largest absolute Gasteiger partial charge is 0.469 e. The van der Waals surface area contributed by atoms with Crippen LogP contribution in [-0.2, 0) is 22.4 Å². The zero-order valence-electron chi connectivity index (χ0n) is 13.4. The van der Waals surface area contributed by atoms with Crippen molar-refractivity contribution < 1.29 is 9.53 Å². The summed E-state index contributed by atoms with van der Waals surface area (Å²) in [6.45, 7) is 0. The number of methoxy groups -OCH3 is 1. The summed E-state index contributed by atoms with van der Waals surface area (Å²) in [6.07, 6.45) is 8.12. The Morgan fingerprint density at radius 2 is 2.17 bits per heavy atom. The summed E-state index contributed by atoms with van der Waals surface area (Å²) in [4.78, 5) is 11.2. The molecule has 0 fully saturated rings. The SMILES string of the molecule is COC(=O)CCC=Cc1nn(-c2ccc(Cl)c(Cl)c2)c2c1CCC2. The van der Waals surface area contributed by atoms with Crippen LogP contribution >= 0.6 is 23.2 Å². The summed E-state index contributed by atoms with van der Waals surface area (Å²) in [7, 11) is 1.40. The van der Waals surface area contributed by atoms with E-state index < -0.39 is 0 Å². The van der Waals surface area contributed by atoms with Gasteiger partial charge in [0.15, 0.2) is 0 Å². The summed E-state index contributed by atoms with van der Waals surface area (Å²) in [6, 6.07) is 5.54. The third-order valence-electron chi connectivity index (χ3n) is 4.13. The average Bonchev–Trinajstić information content (AvgIpc) is 3.17. The van der Waals surface area contributed by atoms with Crippen LogP contribution in [0.15, 0.2) is 24.3 Å². The summed E-state index contributed by atoms with van der Waals surface area (Å²) in [5, 5.41) is 5.78. The molecule has 24 heavy (non-hydrogen) atoms. The molecule has 0 bridgehead atoms. The first kappa shape index (κ1) is 17.1. The van der Waals surface area contributed by atoms with Crippen molar-refractivity contribution in [2.75, 3.05) is 7.11 Å². The van der Waals surface area contributed by atoms with Crippen molar-refractivity contribution in [1.82, 2.24) is 9.78 Å². The fourth-order valence-electron chi connectivity index (χ4n) is 2.93. The molecule has 0 radical (unpaired) electrons. The maximum Gasteiger partial charge on any atom is 0.305 e. The first-order valence-electron chi connectivity index (χ1n) is 7.89. The molecule has 126 valence electrons. The first-order valence-corrected chi connectivity index (χ1v) is 8.65. The van der Waals surface area contributed by atoms with Gasteiger partial charge in [-0.15, -0.1) is 0 Å². The number of ether oxygens (including phenoxy) is 1. The van der Waals surface area contributed by atoms with Crippen LogP contribution in [0, 0.1) is 0 Å². The van der Waals surface area contributed by atoms with Crippen molar-refractivity contribution in [3.8, 4) is 5.69 Å². The zero-order valence-corrected chi connectivity index (χ0v) is 14.9. The number of aromatic nitrogens is 2. The molecule has 1 aromatic carbocycles. The molecule has 0 atom stereocenters. The molecule has 1 aliphatic rings. The fraction of sp³-hybridized carbons (Fsp3) is 0.333. The molecule has 2 aromatic rings. The van der Waals surface area contributed by atoms with Gasteiger partial charge >= 0.3 is 5.97 Å². The number of esters is 1. The summed E-state index contributed by atoms with van der Waals surface area (Å²) >= 11 is 12.1. The van der Waals surface area contributed by atoms with Crippen LogP contribution in [0.2, 0.25) is 10.0 Å². The molecule has 4 nitrogen and oxygen atoms in total. The predicted octanol–water partition coefficient (Wildman–Crippen LogP) is 4.63. The smallest absolute Gasteiger partial charge is 0.305 e. The van der Waals surface area contributed by atoms with E-state index in [9.17, 15) is 4.79 Å². The van der Waals surface area contributed by atoms with Gasteiger partial charge in [-0.2, -0.15) is 5.10 Å². The van der Waals surface area contributed by atoms with Gasteiger partial charge in [0.1, 0.15) is 0 Å². The van der Waals surface area contributed by atoms with E-state index in [1.165, 1.54) is 18.4 Å². The van der Waals surface area contributed by atoms with Gasteiger partial charge in [-0.1, -0.05) is 29.3 Å². The Morgan fingerprint density at radius 3 is 2.92 bits per heavy atom. The number of hydrogen-bond donors (Lipinski definition) is 0. The van der Waals surface area contributed by atoms with E-state index in [2.05, 4.69) is 4.74 Å². The number of rotatable bonds is 5. The lowest BCUT2D eigenvalue weighted by atomic mass is 10.1. The van der Waals surface area contributed by atoms with Gasteiger partial charge in [-0.05, 0) is 50.0 Å². The number of carbonyl (C=O) groups is 1. The van der Waals surface area contributed by atoms with Crippen LogP contribution in [0.25, 0.3) is 11.8 Å². The van der Waals surface area contributed by atoms with Gasteiger partial charge in [0, 0.05) is 17.7 Å². The summed E-state index contributed by atoms with van der Waals surface area (Å²) < 4.78 is 6.59. The molecular formula is C18H18Cl2N2O2. The van der Waals surface area contributed by atoms with E-state index in [1.54, 1.807) is 6.07 Å². The number of halogens is 2. The number of hydrogen-bond acceptors (Lipinski definition) is 3. The van der Waals surface area contributed by atoms with Crippen molar-refractivity contribution in [3.05, 3.63) is 51.3 Å². The van der Waals surface area contributed by atoms with Crippen LogP contribution < -0.4 is 0 Å². The first-order chi connectivity index (χ1) is 11.6. The number of benzene rings is 1. The van der Waals surface area contributed by atoms with E-state index in [0.717, 1.165) is 30.6 Å². The van der Waals surface area contributed by atoms with Crippen LogP contribution in [-0.4, -0.2) is 22.9 Å². The highest BCUT2D eigenvalue weighted by molar-refractivity contribution is 6.42. The number of allylic oxidation sites excluding steroid dienone is 1. The topological polar surface area (TPSA) is 44.1 Å². The van der Waals surface area contributed by atoms with Crippen LogP contribution in [0.1, 0.15) is 36.2 Å². The fourth-order valence-corrected chi connectivity index (χ4v) is 3.22. The second-order valence-corrected chi connectivity index (χ2v) is 6.51. The molecule has 1 aliphatic carbocycles. The van der Waals surface area contributed by atoms with Crippen molar-refractivity contribution in [3.63, 3.8) is 0 Å². The monoisotopic (exact) mass is 364 g/mol. The lowest BCUT2D eigenvalue weighted by Gasteiger charge is -2.06. The molecule has 0 spiro atoms. The van der Waals surface area contributed by atoms with E-state index in [4.69, 9.17) is 28.3 Å². The molecule has 6 heteroatoms. The third kappa shape index (κ3) is 3.50. The molecule has 1 heterocycles. The molecular weight excluding hydrogens is 347 g/mol. The summed E-state index contributed by atoms with van der Waals surface area (Å²) in [5.74, 6) is -0.203.